The van der Waals surface area contributed by atoms with Gasteiger partial charge in [0.2, 0.25) is 0 Å². The second kappa shape index (κ2) is 6.05. The highest BCUT2D eigenvalue weighted by Gasteiger charge is 2.05. The van der Waals surface area contributed by atoms with Crippen LogP contribution in [-0.4, -0.2) is 17.1 Å². The molecule has 17 heavy (non-hydrogen) atoms. The van der Waals surface area contributed by atoms with Crippen molar-refractivity contribution in [3.63, 3.8) is 0 Å². The van der Waals surface area contributed by atoms with Crippen LogP contribution in [0.2, 0.25) is 5.15 Å². The van der Waals surface area contributed by atoms with Crippen LogP contribution in [0.4, 0.5) is 0 Å². The minimum Gasteiger partial charge on any atom is -0.468 e. The molecule has 0 bridgehead atoms. The molecule has 0 radical (unpaired) electrons. The third-order valence-electron chi connectivity index (χ3n) is 1.93. The first-order valence-electron chi connectivity index (χ1n) is 4.95. The first-order valence-corrected chi connectivity index (χ1v) is 6.32. The molecule has 0 N–H and O–H groups in total. The van der Waals surface area contributed by atoms with E-state index in [1.165, 1.54) is 0 Å². The summed E-state index contributed by atoms with van der Waals surface area (Å²) in [5.74, 6) is 2.20. The summed E-state index contributed by atoms with van der Waals surface area (Å²) in [5, 5.41) is 1.24. The number of methoxy groups -OCH3 is 1. The molecular weight excluding hydrogens is 260 g/mol. The van der Waals surface area contributed by atoms with Crippen molar-refractivity contribution in [3.05, 3.63) is 41.2 Å². The van der Waals surface area contributed by atoms with Gasteiger partial charge in [0, 0.05) is 13.2 Å². The molecule has 90 valence electrons. The van der Waals surface area contributed by atoms with Gasteiger partial charge in [0.15, 0.2) is 5.82 Å². The zero-order valence-electron chi connectivity index (χ0n) is 9.22. The van der Waals surface area contributed by atoms with Gasteiger partial charge in [-0.05, 0) is 12.1 Å². The molecule has 0 saturated carbocycles. The second-order valence-corrected chi connectivity index (χ2v) is 4.63. The molecule has 2 rings (SSSR count). The minimum absolute atomic E-state index is 0.356. The fraction of sp³-hybridized carbons (Fsp3) is 0.273. The number of hydrogen-bond donors (Lipinski definition) is 0. The van der Waals surface area contributed by atoms with E-state index in [0.717, 1.165) is 10.8 Å². The number of ether oxygens (including phenoxy) is 1. The summed E-state index contributed by atoms with van der Waals surface area (Å²) >= 11 is 7.45. The topological polar surface area (TPSA) is 48.2 Å². The minimum atomic E-state index is 0.356. The molecule has 2 aromatic heterocycles. The van der Waals surface area contributed by atoms with E-state index in [-0.39, 0.29) is 0 Å². The van der Waals surface area contributed by atoms with E-state index in [9.17, 15) is 0 Å². The van der Waals surface area contributed by atoms with Gasteiger partial charge in [-0.15, -0.1) is 0 Å². The van der Waals surface area contributed by atoms with Crippen LogP contribution < -0.4 is 0 Å². The fourth-order valence-electron chi connectivity index (χ4n) is 1.25. The molecule has 0 aliphatic rings. The largest absolute Gasteiger partial charge is 0.468 e. The Balaban J connectivity index is 2.04. The lowest BCUT2D eigenvalue weighted by molar-refractivity contribution is 0.177. The molecule has 6 heteroatoms. The van der Waals surface area contributed by atoms with Crippen molar-refractivity contribution < 1.29 is 9.15 Å². The van der Waals surface area contributed by atoms with Crippen LogP contribution in [0.5, 0.6) is 0 Å². The van der Waals surface area contributed by atoms with Gasteiger partial charge in [-0.1, -0.05) is 23.4 Å². The highest BCUT2D eigenvalue weighted by Crippen LogP contribution is 2.23. The zero-order valence-corrected chi connectivity index (χ0v) is 10.8. The van der Waals surface area contributed by atoms with Crippen molar-refractivity contribution >= 4 is 23.4 Å². The first kappa shape index (κ1) is 12.4. The SMILES string of the molecule is COCc1nc(Cl)cc(SCc2ccco2)n1. The lowest BCUT2D eigenvalue weighted by Crippen LogP contribution is -1.98. The average molecular weight is 271 g/mol. The van der Waals surface area contributed by atoms with E-state index < -0.39 is 0 Å². The smallest absolute Gasteiger partial charge is 0.156 e. The second-order valence-electron chi connectivity index (χ2n) is 3.25. The number of hydrogen-bond acceptors (Lipinski definition) is 5. The summed E-state index contributed by atoms with van der Waals surface area (Å²) in [7, 11) is 1.60. The molecule has 0 unspecified atom stereocenters. The van der Waals surface area contributed by atoms with Crippen molar-refractivity contribution in [2.24, 2.45) is 0 Å². The summed E-state index contributed by atoms with van der Waals surface area (Å²) in [6.07, 6.45) is 1.65. The van der Waals surface area contributed by atoms with Crippen LogP contribution >= 0.6 is 23.4 Å². The van der Waals surface area contributed by atoms with Crippen molar-refractivity contribution in [2.45, 2.75) is 17.4 Å². The van der Waals surface area contributed by atoms with Crippen LogP contribution in [0.25, 0.3) is 0 Å². The molecule has 0 amide bonds. The molecule has 0 spiro atoms. The van der Waals surface area contributed by atoms with Crippen LogP contribution in [-0.2, 0) is 17.1 Å². The van der Waals surface area contributed by atoms with Crippen LogP contribution in [0.3, 0.4) is 0 Å². The molecule has 0 aliphatic heterocycles. The van der Waals surface area contributed by atoms with Crippen LogP contribution in [0, 0.1) is 0 Å². The van der Waals surface area contributed by atoms with Crippen molar-refractivity contribution in [2.75, 3.05) is 7.11 Å². The first-order chi connectivity index (χ1) is 8.28. The van der Waals surface area contributed by atoms with Gasteiger partial charge >= 0.3 is 0 Å². The maximum absolute atomic E-state index is 5.90. The molecule has 0 aliphatic carbocycles. The number of furan rings is 1. The molecular formula is C11H11ClN2O2S. The molecule has 2 aromatic rings. The van der Waals surface area contributed by atoms with Crippen molar-refractivity contribution in [1.82, 2.24) is 9.97 Å². The predicted octanol–water partition coefficient (Wildman–Crippen LogP) is 3.16. The van der Waals surface area contributed by atoms with Crippen LogP contribution in [0.15, 0.2) is 33.9 Å². The highest BCUT2D eigenvalue weighted by atomic mass is 35.5. The van der Waals surface area contributed by atoms with E-state index in [1.807, 2.05) is 12.1 Å². The summed E-state index contributed by atoms with van der Waals surface area (Å²) in [6.45, 7) is 0.356. The number of nitrogens with zero attached hydrogens (tertiary/aromatic N) is 2. The summed E-state index contributed by atoms with van der Waals surface area (Å²) in [5.41, 5.74) is 0. The third-order valence-corrected chi connectivity index (χ3v) is 3.06. The Kier molecular flexibility index (Phi) is 4.42. The maximum atomic E-state index is 5.90. The molecule has 0 fully saturated rings. The number of halogens is 1. The Morgan fingerprint density at radius 2 is 2.35 bits per heavy atom. The molecule has 0 saturated heterocycles. The predicted molar refractivity (Wildman–Crippen MR) is 66.0 cm³/mol. The quantitative estimate of drug-likeness (QED) is 0.617. The van der Waals surface area contributed by atoms with Crippen LogP contribution in [0.1, 0.15) is 11.6 Å². The van der Waals surface area contributed by atoms with E-state index in [4.69, 9.17) is 20.8 Å². The summed E-state index contributed by atoms with van der Waals surface area (Å²) < 4.78 is 10.2. The lowest BCUT2D eigenvalue weighted by Gasteiger charge is -2.03. The summed E-state index contributed by atoms with van der Waals surface area (Å²) in [4.78, 5) is 8.38. The van der Waals surface area contributed by atoms with E-state index in [2.05, 4.69) is 9.97 Å². The number of rotatable bonds is 5. The van der Waals surface area contributed by atoms with Crippen molar-refractivity contribution in [1.29, 1.82) is 0 Å². The number of aromatic nitrogens is 2. The Hall–Kier alpha value is -1.04. The Morgan fingerprint density at radius 1 is 1.47 bits per heavy atom. The van der Waals surface area contributed by atoms with Crippen molar-refractivity contribution in [3.8, 4) is 0 Å². The maximum Gasteiger partial charge on any atom is 0.156 e. The Morgan fingerprint density at radius 3 is 3.06 bits per heavy atom. The number of thioether (sulfide) groups is 1. The Bertz CT molecular complexity index is 476. The van der Waals surface area contributed by atoms with Gasteiger partial charge in [-0.25, -0.2) is 9.97 Å². The van der Waals surface area contributed by atoms with Gasteiger partial charge < -0.3 is 9.15 Å². The van der Waals surface area contributed by atoms with Gasteiger partial charge in [-0.2, -0.15) is 0 Å². The molecule has 2 heterocycles. The van der Waals surface area contributed by atoms with Gasteiger partial charge in [0.1, 0.15) is 22.5 Å². The molecule has 0 aromatic carbocycles. The van der Waals surface area contributed by atoms with E-state index >= 15 is 0 Å². The highest BCUT2D eigenvalue weighted by molar-refractivity contribution is 7.98. The Labute approximate surface area is 108 Å². The third kappa shape index (κ3) is 3.73. The summed E-state index contributed by atoms with van der Waals surface area (Å²) in [6, 6.07) is 5.51. The normalized spacial score (nSPS) is 10.7. The lowest BCUT2D eigenvalue weighted by atomic mass is 10.5. The van der Waals surface area contributed by atoms with Gasteiger partial charge in [0.05, 0.1) is 12.0 Å². The standard InChI is InChI=1S/C11H11ClN2O2S/c1-15-6-10-13-9(12)5-11(14-10)17-7-8-3-2-4-16-8/h2-5H,6-7H2,1H3. The van der Waals surface area contributed by atoms with Gasteiger partial charge in [0.25, 0.3) is 0 Å². The fourth-order valence-corrected chi connectivity index (χ4v) is 2.33. The monoisotopic (exact) mass is 270 g/mol. The molecule has 4 nitrogen and oxygen atoms in total. The molecule has 0 atom stereocenters. The van der Waals surface area contributed by atoms with E-state index in [0.29, 0.717) is 23.3 Å². The average Bonchev–Trinajstić information content (AvgIpc) is 2.79. The van der Waals surface area contributed by atoms with Gasteiger partial charge in [-0.3, -0.25) is 0 Å². The van der Waals surface area contributed by atoms with E-state index in [1.54, 1.807) is 31.2 Å². The zero-order chi connectivity index (χ0) is 12.1.